The number of nitrogens with zero attached hydrogens (tertiary/aromatic N) is 3. The number of aromatic nitrogens is 2. The molecule has 1 amide bonds. The van der Waals surface area contributed by atoms with Crippen LogP contribution in [0.1, 0.15) is 44.7 Å². The van der Waals surface area contributed by atoms with Gasteiger partial charge in [-0.05, 0) is 43.2 Å². The number of carbonyl (C=O) groups excluding carboxylic acids is 2. The molecule has 6 nitrogen and oxygen atoms in total. The summed E-state index contributed by atoms with van der Waals surface area (Å²) in [4.78, 5) is 33.3. The molecule has 0 bridgehead atoms. The van der Waals surface area contributed by atoms with Gasteiger partial charge in [0.25, 0.3) is 0 Å². The van der Waals surface area contributed by atoms with E-state index in [2.05, 4.69) is 22.9 Å². The highest BCUT2D eigenvalue weighted by atomic mass is 79.9. The number of fused-ring (bicyclic) bond motifs is 3. The van der Waals surface area contributed by atoms with Crippen LogP contribution in [0.4, 0.5) is 5.95 Å². The highest BCUT2D eigenvalue weighted by Gasteiger charge is 2.47. The lowest BCUT2D eigenvalue weighted by Crippen LogP contribution is -2.50. The summed E-state index contributed by atoms with van der Waals surface area (Å²) in [6.07, 6.45) is 2.89. The second-order valence-electron chi connectivity index (χ2n) is 7.70. The number of halogens is 1. The van der Waals surface area contributed by atoms with Crippen molar-refractivity contribution in [3.8, 4) is 0 Å². The minimum absolute atomic E-state index is 0.223. The number of amides is 1. The third-order valence-corrected chi connectivity index (χ3v) is 6.15. The molecule has 0 fully saturated rings. The van der Waals surface area contributed by atoms with Gasteiger partial charge < -0.3 is 9.30 Å². The van der Waals surface area contributed by atoms with Crippen LogP contribution in [0, 0.1) is 5.92 Å². The average Bonchev–Trinajstić information content (AvgIpc) is 3.14. The number of benzene rings is 2. The SMILES string of the molecule is CCCCCN1C(=O)[C@@H](C(=O)OCC)[C@H](c2cccc(Br)c2)n2c1nc1ccccc12. The lowest BCUT2D eigenvalue weighted by molar-refractivity contribution is -0.153. The molecule has 0 radical (unpaired) electrons. The van der Waals surface area contributed by atoms with Gasteiger partial charge in [-0.15, -0.1) is 0 Å². The quantitative estimate of drug-likeness (QED) is 0.266. The molecule has 0 N–H and O–H groups in total. The summed E-state index contributed by atoms with van der Waals surface area (Å²) in [5.41, 5.74) is 2.55. The number of hydrogen-bond acceptors (Lipinski definition) is 4. The Bertz CT molecular complexity index is 1110. The van der Waals surface area contributed by atoms with E-state index < -0.39 is 17.9 Å². The zero-order chi connectivity index (χ0) is 22.0. The van der Waals surface area contributed by atoms with E-state index in [1.54, 1.807) is 11.8 Å². The van der Waals surface area contributed by atoms with Gasteiger partial charge in [0, 0.05) is 11.0 Å². The van der Waals surface area contributed by atoms with E-state index in [1.807, 2.05) is 53.1 Å². The Morgan fingerprint density at radius 3 is 2.68 bits per heavy atom. The molecule has 1 aliphatic heterocycles. The third-order valence-electron chi connectivity index (χ3n) is 5.66. The van der Waals surface area contributed by atoms with Gasteiger partial charge in [0.05, 0.1) is 23.7 Å². The molecule has 0 saturated heterocycles. The Labute approximate surface area is 190 Å². The minimum Gasteiger partial charge on any atom is -0.465 e. The van der Waals surface area contributed by atoms with Crippen LogP contribution in [0.3, 0.4) is 0 Å². The number of imidazole rings is 1. The van der Waals surface area contributed by atoms with Crippen LogP contribution in [0.15, 0.2) is 53.0 Å². The molecular weight excluding hydrogens is 458 g/mol. The fourth-order valence-electron chi connectivity index (χ4n) is 4.27. The molecule has 31 heavy (non-hydrogen) atoms. The maximum atomic E-state index is 13.7. The summed E-state index contributed by atoms with van der Waals surface area (Å²) in [6, 6.07) is 15.0. The molecule has 0 unspecified atom stereocenters. The van der Waals surface area contributed by atoms with Crippen molar-refractivity contribution in [3.05, 3.63) is 58.6 Å². The van der Waals surface area contributed by atoms with Crippen LogP contribution in [-0.4, -0.2) is 34.6 Å². The Balaban J connectivity index is 1.94. The van der Waals surface area contributed by atoms with Crippen LogP contribution in [-0.2, 0) is 14.3 Å². The van der Waals surface area contributed by atoms with Gasteiger partial charge in [0.1, 0.15) is 0 Å². The Kier molecular flexibility index (Phi) is 6.41. The fourth-order valence-corrected chi connectivity index (χ4v) is 4.69. The van der Waals surface area contributed by atoms with E-state index in [0.717, 1.165) is 40.3 Å². The number of unbranched alkanes of at least 4 members (excludes halogenated alkanes) is 2. The molecule has 162 valence electrons. The van der Waals surface area contributed by atoms with E-state index in [9.17, 15) is 9.59 Å². The molecule has 7 heteroatoms. The molecule has 1 aliphatic rings. The molecule has 2 atom stereocenters. The number of hydrogen-bond donors (Lipinski definition) is 0. The zero-order valence-corrected chi connectivity index (χ0v) is 19.3. The normalized spacial score (nSPS) is 18.3. The van der Waals surface area contributed by atoms with Crippen molar-refractivity contribution in [1.82, 2.24) is 9.55 Å². The van der Waals surface area contributed by atoms with E-state index in [4.69, 9.17) is 9.72 Å². The number of ether oxygens (including phenoxy) is 1. The number of esters is 1. The van der Waals surface area contributed by atoms with Crippen molar-refractivity contribution in [1.29, 1.82) is 0 Å². The summed E-state index contributed by atoms with van der Waals surface area (Å²) in [7, 11) is 0. The van der Waals surface area contributed by atoms with Crippen LogP contribution >= 0.6 is 15.9 Å². The molecule has 4 rings (SSSR count). The summed E-state index contributed by atoms with van der Waals surface area (Å²) in [5.74, 6) is -1.13. The van der Waals surface area contributed by atoms with Gasteiger partial charge in [-0.3, -0.25) is 14.5 Å². The highest BCUT2D eigenvalue weighted by molar-refractivity contribution is 9.10. The Morgan fingerprint density at radius 2 is 1.94 bits per heavy atom. The van der Waals surface area contributed by atoms with Gasteiger partial charge in [-0.25, -0.2) is 4.98 Å². The largest absolute Gasteiger partial charge is 0.465 e. The summed E-state index contributed by atoms with van der Waals surface area (Å²) < 4.78 is 8.30. The lowest BCUT2D eigenvalue weighted by Gasteiger charge is -2.38. The summed E-state index contributed by atoms with van der Waals surface area (Å²) in [5, 5.41) is 0. The van der Waals surface area contributed by atoms with E-state index in [-0.39, 0.29) is 12.5 Å². The first kappa shape index (κ1) is 21.6. The molecule has 3 aromatic rings. The smallest absolute Gasteiger partial charge is 0.321 e. The first-order valence-electron chi connectivity index (χ1n) is 10.8. The van der Waals surface area contributed by atoms with Crippen LogP contribution in [0.5, 0.6) is 0 Å². The topological polar surface area (TPSA) is 64.4 Å². The zero-order valence-electron chi connectivity index (χ0n) is 17.8. The Morgan fingerprint density at radius 1 is 1.13 bits per heavy atom. The van der Waals surface area contributed by atoms with Crippen molar-refractivity contribution < 1.29 is 14.3 Å². The van der Waals surface area contributed by atoms with Crippen LogP contribution < -0.4 is 4.90 Å². The minimum atomic E-state index is -0.971. The molecule has 2 heterocycles. The summed E-state index contributed by atoms with van der Waals surface area (Å²) in [6.45, 7) is 4.63. The maximum absolute atomic E-state index is 13.7. The molecule has 0 spiro atoms. The predicted octanol–water partition coefficient (Wildman–Crippen LogP) is 5.10. The van der Waals surface area contributed by atoms with Crippen LogP contribution in [0.2, 0.25) is 0 Å². The van der Waals surface area contributed by atoms with E-state index in [1.165, 1.54) is 0 Å². The van der Waals surface area contributed by atoms with Gasteiger partial charge >= 0.3 is 5.97 Å². The van der Waals surface area contributed by atoms with Crippen molar-refractivity contribution in [2.45, 2.75) is 39.2 Å². The second-order valence-corrected chi connectivity index (χ2v) is 8.61. The van der Waals surface area contributed by atoms with Gasteiger partial charge in [0.15, 0.2) is 5.92 Å². The molecule has 2 aromatic carbocycles. The van der Waals surface area contributed by atoms with Crippen molar-refractivity contribution in [2.24, 2.45) is 5.92 Å². The second kappa shape index (κ2) is 9.22. The number of para-hydroxylation sites is 2. The molecular formula is C24H26BrN3O3. The first-order chi connectivity index (χ1) is 15.1. The maximum Gasteiger partial charge on any atom is 0.321 e. The lowest BCUT2D eigenvalue weighted by atomic mass is 9.89. The van der Waals surface area contributed by atoms with Gasteiger partial charge in [-0.1, -0.05) is 60.0 Å². The van der Waals surface area contributed by atoms with Gasteiger partial charge in [0.2, 0.25) is 11.9 Å². The Hall–Kier alpha value is -2.67. The average molecular weight is 484 g/mol. The van der Waals surface area contributed by atoms with Gasteiger partial charge in [-0.2, -0.15) is 0 Å². The van der Waals surface area contributed by atoms with Crippen molar-refractivity contribution >= 4 is 44.8 Å². The molecule has 1 aromatic heterocycles. The molecule has 0 saturated carbocycles. The number of rotatable bonds is 7. The molecule has 0 aliphatic carbocycles. The fraction of sp³-hybridized carbons (Fsp3) is 0.375. The predicted molar refractivity (Wildman–Crippen MR) is 124 cm³/mol. The third kappa shape index (κ3) is 3.99. The number of carbonyl (C=O) groups is 2. The highest BCUT2D eigenvalue weighted by Crippen LogP contribution is 2.41. The van der Waals surface area contributed by atoms with E-state index >= 15 is 0 Å². The van der Waals surface area contributed by atoms with Crippen LogP contribution in [0.25, 0.3) is 11.0 Å². The summed E-state index contributed by atoms with van der Waals surface area (Å²) >= 11 is 3.53. The number of anilines is 1. The monoisotopic (exact) mass is 483 g/mol. The van der Waals surface area contributed by atoms with E-state index in [0.29, 0.717) is 12.5 Å². The van der Waals surface area contributed by atoms with Crippen molar-refractivity contribution in [3.63, 3.8) is 0 Å². The van der Waals surface area contributed by atoms with Crippen molar-refractivity contribution in [2.75, 3.05) is 18.1 Å². The first-order valence-corrected chi connectivity index (χ1v) is 11.6. The standard InChI is InChI=1S/C24H26BrN3O3/c1-3-5-8-14-27-22(29)20(23(30)31-4-2)21(16-10-9-11-17(25)15-16)28-19-13-7-6-12-18(19)26-24(27)28/h6-7,9-13,15,20-21H,3-5,8,14H2,1-2H3/t20-,21-/m0/s1.